The van der Waals surface area contributed by atoms with Crippen molar-refractivity contribution in [3.63, 3.8) is 0 Å². The summed E-state index contributed by atoms with van der Waals surface area (Å²) in [5, 5.41) is 3.31. The van der Waals surface area contributed by atoms with Gasteiger partial charge in [-0.05, 0) is 25.0 Å². The molecule has 0 saturated carbocycles. The molecule has 4 heteroatoms. The normalized spacial score (nSPS) is 10.5. The highest BCUT2D eigenvalue weighted by atomic mass is 15.2. The van der Waals surface area contributed by atoms with Crippen LogP contribution in [0.4, 0.5) is 11.8 Å². The number of rotatable bonds is 9. The number of anilines is 2. The summed E-state index contributed by atoms with van der Waals surface area (Å²) in [4.78, 5) is 11.2. The fraction of sp³-hybridized carbons (Fsp3) is 0.444. The summed E-state index contributed by atoms with van der Waals surface area (Å²) in [6.07, 6.45) is 5.45. The molecule has 0 aliphatic rings. The van der Waals surface area contributed by atoms with Crippen molar-refractivity contribution in [2.24, 2.45) is 0 Å². The molecule has 0 aliphatic heterocycles. The van der Waals surface area contributed by atoms with Crippen LogP contribution in [0.3, 0.4) is 0 Å². The molecule has 0 aliphatic carbocycles. The van der Waals surface area contributed by atoms with Gasteiger partial charge in [-0.2, -0.15) is 4.98 Å². The van der Waals surface area contributed by atoms with Crippen LogP contribution in [0.1, 0.15) is 38.7 Å². The van der Waals surface area contributed by atoms with Crippen molar-refractivity contribution in [3.8, 4) is 0 Å². The smallest absolute Gasteiger partial charge is 0.224 e. The lowest BCUT2D eigenvalue weighted by Gasteiger charge is -2.22. The van der Waals surface area contributed by atoms with Gasteiger partial charge in [-0.3, -0.25) is 0 Å². The minimum Gasteiger partial charge on any atom is -0.354 e. The average molecular weight is 298 g/mol. The van der Waals surface area contributed by atoms with Gasteiger partial charge in [-0.1, -0.05) is 50.1 Å². The summed E-state index contributed by atoms with van der Waals surface area (Å²) >= 11 is 0. The Morgan fingerprint density at radius 3 is 2.59 bits per heavy atom. The van der Waals surface area contributed by atoms with Gasteiger partial charge in [-0.15, -0.1) is 0 Å². The quantitative estimate of drug-likeness (QED) is 0.707. The maximum atomic E-state index is 4.64. The lowest BCUT2D eigenvalue weighted by molar-refractivity contribution is 0.739. The maximum Gasteiger partial charge on any atom is 0.224 e. The molecule has 1 heterocycles. The molecule has 22 heavy (non-hydrogen) atoms. The maximum absolute atomic E-state index is 4.64. The van der Waals surface area contributed by atoms with Gasteiger partial charge in [-0.25, -0.2) is 4.98 Å². The second-order valence-electron chi connectivity index (χ2n) is 5.37. The van der Waals surface area contributed by atoms with Crippen LogP contribution in [0.5, 0.6) is 0 Å². The molecule has 0 amide bonds. The molecule has 1 aromatic heterocycles. The predicted octanol–water partition coefficient (Wildman–Crippen LogP) is 4.11. The molecule has 1 N–H and O–H groups in total. The summed E-state index contributed by atoms with van der Waals surface area (Å²) in [6.45, 7) is 7.08. The van der Waals surface area contributed by atoms with Crippen LogP contribution in [0.15, 0.2) is 42.6 Å². The van der Waals surface area contributed by atoms with E-state index in [4.69, 9.17) is 0 Å². The highest BCUT2D eigenvalue weighted by Gasteiger charge is 2.08. The van der Waals surface area contributed by atoms with Crippen molar-refractivity contribution >= 4 is 11.8 Å². The number of nitrogens with zero attached hydrogens (tertiary/aromatic N) is 3. The van der Waals surface area contributed by atoms with E-state index < -0.39 is 0 Å². The number of hydrogen-bond acceptors (Lipinski definition) is 4. The SMILES string of the molecule is CCCCCNc1nccc(N(CC)Cc2ccccc2)n1. The summed E-state index contributed by atoms with van der Waals surface area (Å²) < 4.78 is 0. The summed E-state index contributed by atoms with van der Waals surface area (Å²) in [5.74, 6) is 1.69. The van der Waals surface area contributed by atoms with Gasteiger partial charge in [0.25, 0.3) is 0 Å². The number of aromatic nitrogens is 2. The number of benzene rings is 1. The highest BCUT2D eigenvalue weighted by molar-refractivity contribution is 5.43. The molecule has 4 nitrogen and oxygen atoms in total. The number of nitrogens with one attached hydrogen (secondary N) is 1. The second kappa shape index (κ2) is 9.03. The molecule has 2 aromatic rings. The lowest BCUT2D eigenvalue weighted by Crippen LogP contribution is -2.23. The summed E-state index contributed by atoms with van der Waals surface area (Å²) in [7, 11) is 0. The largest absolute Gasteiger partial charge is 0.354 e. The Bertz CT molecular complexity index is 542. The molecule has 0 unspecified atom stereocenters. The Hall–Kier alpha value is -2.10. The van der Waals surface area contributed by atoms with Crippen molar-refractivity contribution in [1.29, 1.82) is 0 Å². The molecule has 2 rings (SSSR count). The predicted molar refractivity (Wildman–Crippen MR) is 93.2 cm³/mol. The van der Waals surface area contributed by atoms with Gasteiger partial charge < -0.3 is 10.2 Å². The second-order valence-corrected chi connectivity index (χ2v) is 5.37. The first-order chi connectivity index (χ1) is 10.8. The standard InChI is InChI=1S/C18H26N4/c1-3-5-9-13-19-18-20-14-12-17(21-18)22(4-2)15-16-10-7-6-8-11-16/h6-8,10-12,14H,3-5,9,13,15H2,1-2H3,(H,19,20,21). The molecular formula is C18H26N4. The van der Waals surface area contributed by atoms with Gasteiger partial charge >= 0.3 is 0 Å². The van der Waals surface area contributed by atoms with Gasteiger partial charge in [0.05, 0.1) is 0 Å². The zero-order valence-corrected chi connectivity index (χ0v) is 13.6. The van der Waals surface area contributed by atoms with Gasteiger partial charge in [0, 0.05) is 25.8 Å². The Morgan fingerprint density at radius 1 is 1.05 bits per heavy atom. The van der Waals surface area contributed by atoms with Crippen molar-refractivity contribution < 1.29 is 0 Å². The molecule has 0 spiro atoms. The van der Waals surface area contributed by atoms with Crippen LogP contribution in [-0.4, -0.2) is 23.1 Å². The third kappa shape index (κ3) is 5.02. The van der Waals surface area contributed by atoms with Gasteiger partial charge in [0.2, 0.25) is 5.95 Å². The van der Waals surface area contributed by atoms with Crippen LogP contribution < -0.4 is 10.2 Å². The summed E-state index contributed by atoms with van der Waals surface area (Å²) in [5.41, 5.74) is 1.29. The minimum absolute atomic E-state index is 0.722. The first-order valence-electron chi connectivity index (χ1n) is 8.19. The van der Waals surface area contributed by atoms with Crippen molar-refractivity contribution in [2.45, 2.75) is 39.7 Å². The van der Waals surface area contributed by atoms with E-state index in [0.29, 0.717) is 0 Å². The first-order valence-corrected chi connectivity index (χ1v) is 8.19. The third-order valence-corrected chi connectivity index (χ3v) is 3.63. The van der Waals surface area contributed by atoms with Crippen LogP contribution in [-0.2, 0) is 6.54 Å². The molecule has 0 fully saturated rings. The molecule has 0 atom stereocenters. The first kappa shape index (κ1) is 16.3. The topological polar surface area (TPSA) is 41.1 Å². The highest BCUT2D eigenvalue weighted by Crippen LogP contribution is 2.15. The minimum atomic E-state index is 0.722. The van der Waals surface area contributed by atoms with Gasteiger partial charge in [0.1, 0.15) is 5.82 Å². The molecule has 118 valence electrons. The zero-order chi connectivity index (χ0) is 15.6. The lowest BCUT2D eigenvalue weighted by atomic mass is 10.2. The molecule has 0 saturated heterocycles. The third-order valence-electron chi connectivity index (χ3n) is 3.63. The number of hydrogen-bond donors (Lipinski definition) is 1. The monoisotopic (exact) mass is 298 g/mol. The Labute approximate surface area is 133 Å². The van der Waals surface area contributed by atoms with Gasteiger partial charge in [0.15, 0.2) is 0 Å². The Morgan fingerprint density at radius 2 is 1.86 bits per heavy atom. The average Bonchev–Trinajstić information content (AvgIpc) is 2.58. The van der Waals surface area contributed by atoms with E-state index in [0.717, 1.165) is 37.8 Å². The van der Waals surface area contributed by atoms with E-state index in [9.17, 15) is 0 Å². The molecule has 0 radical (unpaired) electrons. The fourth-order valence-corrected chi connectivity index (χ4v) is 2.34. The van der Waals surface area contributed by atoms with E-state index in [2.05, 4.69) is 58.3 Å². The molecule has 0 bridgehead atoms. The van der Waals surface area contributed by atoms with E-state index >= 15 is 0 Å². The summed E-state index contributed by atoms with van der Waals surface area (Å²) in [6, 6.07) is 12.5. The Kier molecular flexibility index (Phi) is 6.68. The molecule has 1 aromatic carbocycles. The van der Waals surface area contributed by atoms with Crippen molar-refractivity contribution in [1.82, 2.24) is 9.97 Å². The molecular weight excluding hydrogens is 272 g/mol. The van der Waals surface area contributed by atoms with E-state index in [-0.39, 0.29) is 0 Å². The van der Waals surface area contributed by atoms with E-state index in [1.807, 2.05) is 18.3 Å². The van der Waals surface area contributed by atoms with E-state index in [1.54, 1.807) is 0 Å². The van der Waals surface area contributed by atoms with Crippen molar-refractivity contribution in [3.05, 3.63) is 48.2 Å². The zero-order valence-electron chi connectivity index (χ0n) is 13.6. The number of unbranched alkanes of at least 4 members (excludes halogenated alkanes) is 2. The van der Waals surface area contributed by atoms with Crippen molar-refractivity contribution in [2.75, 3.05) is 23.3 Å². The van der Waals surface area contributed by atoms with E-state index in [1.165, 1.54) is 18.4 Å². The van der Waals surface area contributed by atoms with Crippen LogP contribution in [0.2, 0.25) is 0 Å². The Balaban J connectivity index is 1.99. The fourth-order valence-electron chi connectivity index (χ4n) is 2.34. The van der Waals surface area contributed by atoms with Crippen LogP contribution >= 0.6 is 0 Å². The van der Waals surface area contributed by atoms with Crippen LogP contribution in [0.25, 0.3) is 0 Å². The van der Waals surface area contributed by atoms with Crippen LogP contribution in [0, 0.1) is 0 Å².